The lowest BCUT2D eigenvalue weighted by Crippen LogP contribution is -2.47. The number of rotatable bonds is 10. The zero-order chi connectivity index (χ0) is 27.3. The maximum Gasteiger partial charge on any atom is 0.124 e. The molecule has 2 aliphatic heterocycles. The maximum atomic E-state index is 10.7. The van der Waals surface area contributed by atoms with Gasteiger partial charge in [0.25, 0.3) is 0 Å². The Labute approximate surface area is 228 Å². The summed E-state index contributed by atoms with van der Waals surface area (Å²) >= 11 is 0. The van der Waals surface area contributed by atoms with Crippen LogP contribution in [0.25, 0.3) is 0 Å². The van der Waals surface area contributed by atoms with Gasteiger partial charge in [0, 0.05) is 89.3 Å². The third-order valence-electron chi connectivity index (χ3n) is 7.28. The number of hydrogen-bond acceptors (Lipinski definition) is 8. The van der Waals surface area contributed by atoms with Crippen LogP contribution in [0.5, 0.6) is 11.5 Å². The minimum absolute atomic E-state index is 0.132. The number of carbonyl (C=O) groups excluding carboxylic acids is 1. The van der Waals surface area contributed by atoms with E-state index in [4.69, 9.17) is 14.6 Å². The molecule has 2 aromatic carbocycles. The predicted octanol–water partition coefficient (Wildman–Crippen LogP) is 3.10. The van der Waals surface area contributed by atoms with Gasteiger partial charge in [0.1, 0.15) is 17.8 Å². The minimum atomic E-state index is 0.132. The van der Waals surface area contributed by atoms with Crippen LogP contribution in [-0.2, 0) is 4.79 Å². The number of nitrogens with zero attached hydrogens (tertiary/aromatic N) is 4. The molecule has 210 valence electrons. The summed E-state index contributed by atoms with van der Waals surface area (Å²) in [4.78, 5) is 20.2. The summed E-state index contributed by atoms with van der Waals surface area (Å²) in [5, 5.41) is 9.10. The van der Waals surface area contributed by atoms with Crippen LogP contribution >= 0.6 is 0 Å². The molecule has 0 spiro atoms. The summed E-state index contributed by atoms with van der Waals surface area (Å²) in [5.41, 5.74) is 2.50. The van der Waals surface area contributed by atoms with Crippen molar-refractivity contribution in [2.24, 2.45) is 11.8 Å². The SMILES string of the molecule is COc1ccc(N2CCN(C[C@H](C)C=O)CC2)cc1.COc1ccc(N2CCN(C[C@H](C)CO)CC2)cc1. The van der Waals surface area contributed by atoms with Gasteiger partial charge in [-0.15, -0.1) is 0 Å². The summed E-state index contributed by atoms with van der Waals surface area (Å²) in [6.45, 7) is 14.5. The van der Waals surface area contributed by atoms with E-state index >= 15 is 0 Å². The Morgan fingerprint density at radius 1 is 0.711 bits per heavy atom. The Hall–Kier alpha value is -2.81. The van der Waals surface area contributed by atoms with Crippen LogP contribution in [0.3, 0.4) is 0 Å². The molecule has 4 rings (SSSR count). The molecule has 2 saturated heterocycles. The molecule has 2 heterocycles. The molecule has 0 aromatic heterocycles. The Kier molecular flexibility index (Phi) is 12.2. The second-order valence-electron chi connectivity index (χ2n) is 10.4. The topological polar surface area (TPSA) is 68.7 Å². The minimum Gasteiger partial charge on any atom is -0.497 e. The highest BCUT2D eigenvalue weighted by Gasteiger charge is 2.19. The highest BCUT2D eigenvalue weighted by atomic mass is 16.5. The van der Waals surface area contributed by atoms with Crippen molar-refractivity contribution >= 4 is 17.7 Å². The average Bonchev–Trinajstić information content (AvgIpc) is 2.98. The highest BCUT2D eigenvalue weighted by molar-refractivity contribution is 5.53. The number of benzene rings is 2. The van der Waals surface area contributed by atoms with E-state index in [0.717, 1.165) is 83.2 Å². The molecule has 2 fully saturated rings. The van der Waals surface area contributed by atoms with E-state index in [1.54, 1.807) is 14.2 Å². The van der Waals surface area contributed by atoms with Crippen LogP contribution in [0.4, 0.5) is 11.4 Å². The van der Waals surface area contributed by atoms with Crippen LogP contribution < -0.4 is 19.3 Å². The first kappa shape index (κ1) is 29.7. The van der Waals surface area contributed by atoms with Gasteiger partial charge in [0.05, 0.1) is 14.2 Å². The maximum absolute atomic E-state index is 10.7. The van der Waals surface area contributed by atoms with Gasteiger partial charge in [-0.1, -0.05) is 13.8 Å². The van der Waals surface area contributed by atoms with Crippen LogP contribution in [-0.4, -0.2) is 107 Å². The molecule has 0 saturated carbocycles. The molecule has 8 nitrogen and oxygen atoms in total. The van der Waals surface area contributed by atoms with Gasteiger partial charge in [0.2, 0.25) is 0 Å². The van der Waals surface area contributed by atoms with E-state index in [2.05, 4.69) is 50.8 Å². The van der Waals surface area contributed by atoms with Crippen molar-refractivity contribution in [1.29, 1.82) is 0 Å². The van der Waals surface area contributed by atoms with Crippen molar-refractivity contribution in [3.63, 3.8) is 0 Å². The Balaban J connectivity index is 0.000000211. The van der Waals surface area contributed by atoms with Crippen LogP contribution in [0, 0.1) is 11.8 Å². The largest absolute Gasteiger partial charge is 0.497 e. The first-order valence-electron chi connectivity index (χ1n) is 13.7. The van der Waals surface area contributed by atoms with Crippen molar-refractivity contribution < 1.29 is 19.4 Å². The van der Waals surface area contributed by atoms with Gasteiger partial charge in [0.15, 0.2) is 0 Å². The van der Waals surface area contributed by atoms with Crippen molar-refractivity contribution in [3.8, 4) is 11.5 Å². The van der Waals surface area contributed by atoms with Crippen molar-refractivity contribution in [2.75, 3.05) is 96.1 Å². The van der Waals surface area contributed by atoms with Crippen LogP contribution in [0.2, 0.25) is 0 Å². The third kappa shape index (κ3) is 9.19. The normalized spacial score (nSPS) is 18.2. The molecule has 2 aliphatic rings. The molecule has 0 radical (unpaired) electrons. The van der Waals surface area contributed by atoms with Crippen LogP contribution in [0.15, 0.2) is 48.5 Å². The number of aliphatic hydroxyl groups is 1. The molecule has 0 amide bonds. The molecule has 2 aromatic rings. The third-order valence-corrected chi connectivity index (χ3v) is 7.28. The lowest BCUT2D eigenvalue weighted by molar-refractivity contribution is -0.111. The summed E-state index contributed by atoms with van der Waals surface area (Å²) in [6, 6.07) is 16.4. The molecule has 0 bridgehead atoms. The van der Waals surface area contributed by atoms with Gasteiger partial charge in [-0.25, -0.2) is 0 Å². The number of carbonyl (C=O) groups is 1. The number of anilines is 2. The zero-order valence-corrected chi connectivity index (χ0v) is 23.6. The number of aliphatic hydroxyl groups excluding tert-OH is 1. The quantitative estimate of drug-likeness (QED) is 0.474. The number of ether oxygens (including phenoxy) is 2. The van der Waals surface area contributed by atoms with E-state index < -0.39 is 0 Å². The molecule has 0 aliphatic carbocycles. The lowest BCUT2D eigenvalue weighted by Gasteiger charge is -2.37. The smallest absolute Gasteiger partial charge is 0.124 e. The number of aldehydes is 1. The molecule has 38 heavy (non-hydrogen) atoms. The van der Waals surface area contributed by atoms with Gasteiger partial charge in [-0.3, -0.25) is 9.80 Å². The molecular formula is C30H46N4O4. The van der Waals surface area contributed by atoms with E-state index in [9.17, 15) is 4.79 Å². The highest BCUT2D eigenvalue weighted by Crippen LogP contribution is 2.22. The van der Waals surface area contributed by atoms with Crippen molar-refractivity contribution in [1.82, 2.24) is 9.80 Å². The second kappa shape index (κ2) is 15.6. The number of piperazine rings is 2. The molecular weight excluding hydrogens is 480 g/mol. The van der Waals surface area contributed by atoms with E-state index in [1.807, 2.05) is 31.2 Å². The lowest BCUT2D eigenvalue weighted by atomic mass is 10.1. The fourth-order valence-corrected chi connectivity index (χ4v) is 4.91. The number of methoxy groups -OCH3 is 2. The molecule has 8 heteroatoms. The second-order valence-corrected chi connectivity index (χ2v) is 10.4. The Bertz CT molecular complexity index is 924. The van der Waals surface area contributed by atoms with Gasteiger partial charge in [-0.2, -0.15) is 0 Å². The van der Waals surface area contributed by atoms with Crippen LogP contribution in [0.1, 0.15) is 13.8 Å². The first-order chi connectivity index (χ1) is 18.4. The van der Waals surface area contributed by atoms with E-state index in [-0.39, 0.29) is 12.5 Å². The summed E-state index contributed by atoms with van der Waals surface area (Å²) in [5.74, 6) is 2.29. The standard InChI is InChI=1S/C15H24N2O2.C15H22N2O2/c2*1-13(12-18)11-16-7-9-17(10-8-16)14-3-5-15(19-2)6-4-14/h3-6,13,18H,7-12H2,1-2H3;3-6,12-13H,7-11H2,1-2H3/t2*13-/m00/s1. The molecule has 1 N–H and O–H groups in total. The predicted molar refractivity (Wildman–Crippen MR) is 155 cm³/mol. The summed E-state index contributed by atoms with van der Waals surface area (Å²) < 4.78 is 10.3. The Morgan fingerprint density at radius 2 is 1.11 bits per heavy atom. The first-order valence-corrected chi connectivity index (χ1v) is 13.7. The molecule has 2 atom stereocenters. The summed E-state index contributed by atoms with van der Waals surface area (Å²) in [6.07, 6.45) is 1.04. The van der Waals surface area contributed by atoms with Gasteiger partial charge in [-0.05, 0) is 54.4 Å². The molecule has 0 unspecified atom stereocenters. The van der Waals surface area contributed by atoms with Crippen molar-refractivity contribution in [3.05, 3.63) is 48.5 Å². The van der Waals surface area contributed by atoms with E-state index in [0.29, 0.717) is 5.92 Å². The average molecular weight is 527 g/mol. The Morgan fingerprint density at radius 3 is 1.45 bits per heavy atom. The fourth-order valence-electron chi connectivity index (χ4n) is 4.91. The monoisotopic (exact) mass is 526 g/mol. The van der Waals surface area contributed by atoms with Crippen molar-refractivity contribution in [2.45, 2.75) is 13.8 Å². The fraction of sp³-hybridized carbons (Fsp3) is 0.567. The zero-order valence-electron chi connectivity index (χ0n) is 23.6. The summed E-state index contributed by atoms with van der Waals surface area (Å²) in [7, 11) is 3.37. The van der Waals surface area contributed by atoms with Gasteiger partial charge < -0.3 is 29.2 Å². The van der Waals surface area contributed by atoms with E-state index in [1.165, 1.54) is 11.4 Å². The number of hydrogen-bond donors (Lipinski definition) is 1. The van der Waals surface area contributed by atoms with Gasteiger partial charge >= 0.3 is 0 Å².